The summed E-state index contributed by atoms with van der Waals surface area (Å²) in [7, 11) is 3.34. The molecule has 2 amide bonds. The summed E-state index contributed by atoms with van der Waals surface area (Å²) in [5.74, 6) is -0.458. The fourth-order valence-electron chi connectivity index (χ4n) is 1.80. The minimum Gasteiger partial charge on any atom is -0.339 e. The van der Waals surface area contributed by atoms with Crippen LogP contribution in [0.25, 0.3) is 0 Å². The van der Waals surface area contributed by atoms with E-state index in [9.17, 15) is 19.7 Å². The SMILES string of the molecule is CN(C)C(=O)Sc1ccc(NC(=O)c2ccc(Br)c([N+](=O)[O-])c2)cc1. The van der Waals surface area contributed by atoms with Crippen molar-refractivity contribution in [3.8, 4) is 0 Å². The highest BCUT2D eigenvalue weighted by molar-refractivity contribution is 9.10. The van der Waals surface area contributed by atoms with Gasteiger partial charge in [-0.1, -0.05) is 0 Å². The summed E-state index contributed by atoms with van der Waals surface area (Å²) in [6.45, 7) is 0. The highest BCUT2D eigenvalue weighted by Crippen LogP contribution is 2.26. The Morgan fingerprint density at radius 3 is 2.36 bits per heavy atom. The summed E-state index contributed by atoms with van der Waals surface area (Å²) < 4.78 is 0.306. The van der Waals surface area contributed by atoms with Crippen molar-refractivity contribution in [2.45, 2.75) is 4.90 Å². The van der Waals surface area contributed by atoms with Crippen LogP contribution in [-0.2, 0) is 0 Å². The number of halogens is 1. The molecule has 0 unspecified atom stereocenters. The molecule has 0 heterocycles. The van der Waals surface area contributed by atoms with Crippen molar-refractivity contribution in [3.05, 3.63) is 62.6 Å². The Morgan fingerprint density at radius 1 is 1.16 bits per heavy atom. The number of carbonyl (C=O) groups excluding carboxylic acids is 2. The summed E-state index contributed by atoms with van der Waals surface area (Å²) in [4.78, 5) is 36.5. The minimum absolute atomic E-state index is 0.0982. The molecule has 0 aliphatic rings. The zero-order valence-electron chi connectivity index (χ0n) is 13.4. The van der Waals surface area contributed by atoms with Crippen LogP contribution in [0.1, 0.15) is 10.4 Å². The van der Waals surface area contributed by atoms with Gasteiger partial charge in [-0.25, -0.2) is 0 Å². The molecule has 0 fully saturated rings. The Morgan fingerprint density at radius 2 is 1.80 bits per heavy atom. The summed E-state index contributed by atoms with van der Waals surface area (Å²) in [5, 5.41) is 13.5. The zero-order valence-corrected chi connectivity index (χ0v) is 15.8. The number of nitrogens with one attached hydrogen (secondary N) is 1. The van der Waals surface area contributed by atoms with Gasteiger partial charge >= 0.3 is 0 Å². The van der Waals surface area contributed by atoms with Gasteiger partial charge in [0.25, 0.3) is 16.8 Å². The summed E-state index contributed by atoms with van der Waals surface area (Å²) in [5.41, 5.74) is 0.523. The molecule has 1 N–H and O–H groups in total. The Hall–Kier alpha value is -2.39. The normalized spacial score (nSPS) is 10.2. The predicted molar refractivity (Wildman–Crippen MR) is 100 cm³/mol. The molecule has 0 aliphatic carbocycles. The van der Waals surface area contributed by atoms with Crippen molar-refractivity contribution in [1.29, 1.82) is 0 Å². The molecule has 0 atom stereocenters. The van der Waals surface area contributed by atoms with Crippen LogP contribution in [0.4, 0.5) is 16.2 Å². The second-order valence-electron chi connectivity index (χ2n) is 5.16. The van der Waals surface area contributed by atoms with Gasteiger partial charge in [0.2, 0.25) is 0 Å². The van der Waals surface area contributed by atoms with Gasteiger partial charge in [-0.2, -0.15) is 0 Å². The molecule has 2 aromatic rings. The van der Waals surface area contributed by atoms with E-state index in [1.807, 2.05) is 0 Å². The van der Waals surface area contributed by atoms with Gasteiger partial charge in [0.1, 0.15) is 0 Å². The molecule has 0 saturated carbocycles. The molecule has 0 saturated heterocycles. The maximum absolute atomic E-state index is 12.2. The average Bonchev–Trinajstić information content (AvgIpc) is 2.56. The average molecular weight is 424 g/mol. The second kappa shape index (κ2) is 8.13. The Labute approximate surface area is 156 Å². The quantitative estimate of drug-likeness (QED) is 0.447. The number of anilines is 1. The topological polar surface area (TPSA) is 92.6 Å². The molecule has 7 nitrogen and oxygen atoms in total. The van der Waals surface area contributed by atoms with Crippen LogP contribution in [-0.4, -0.2) is 35.1 Å². The predicted octanol–water partition coefficient (Wildman–Crippen LogP) is 4.38. The van der Waals surface area contributed by atoms with Crippen molar-refractivity contribution in [2.24, 2.45) is 0 Å². The van der Waals surface area contributed by atoms with Gasteiger partial charge in [0.15, 0.2) is 0 Å². The van der Waals surface area contributed by atoms with Crippen molar-refractivity contribution in [3.63, 3.8) is 0 Å². The van der Waals surface area contributed by atoms with E-state index in [2.05, 4.69) is 21.2 Å². The number of rotatable bonds is 4. The van der Waals surface area contributed by atoms with E-state index in [4.69, 9.17) is 0 Å². The standard InChI is InChI=1S/C16H14BrN3O4S/c1-19(2)16(22)25-12-6-4-11(5-7-12)18-15(21)10-3-8-13(17)14(9-10)20(23)24/h3-9H,1-2H3,(H,18,21). The van der Waals surface area contributed by atoms with Crippen molar-refractivity contribution >= 4 is 50.2 Å². The number of thioether (sulfide) groups is 1. The largest absolute Gasteiger partial charge is 0.339 e. The molecular weight excluding hydrogens is 410 g/mol. The lowest BCUT2D eigenvalue weighted by molar-refractivity contribution is -0.385. The van der Waals surface area contributed by atoms with Crippen molar-refractivity contribution in [1.82, 2.24) is 4.90 Å². The summed E-state index contributed by atoms with van der Waals surface area (Å²) >= 11 is 4.15. The molecule has 0 radical (unpaired) electrons. The number of carbonyl (C=O) groups is 2. The first-order valence-electron chi connectivity index (χ1n) is 7.02. The molecule has 0 aliphatic heterocycles. The van der Waals surface area contributed by atoms with Crippen LogP contribution in [0, 0.1) is 10.1 Å². The van der Waals surface area contributed by atoms with Crippen LogP contribution in [0.15, 0.2) is 51.8 Å². The number of nitro benzene ring substituents is 1. The Balaban J connectivity index is 2.09. The third kappa shape index (κ3) is 5.04. The molecule has 0 bridgehead atoms. The van der Waals surface area contributed by atoms with Gasteiger partial charge in [-0.15, -0.1) is 0 Å². The van der Waals surface area contributed by atoms with E-state index >= 15 is 0 Å². The maximum atomic E-state index is 12.2. The fourth-order valence-corrected chi connectivity index (χ4v) is 2.84. The van der Waals surface area contributed by atoms with E-state index in [-0.39, 0.29) is 16.5 Å². The molecule has 0 spiro atoms. The van der Waals surface area contributed by atoms with E-state index in [1.165, 1.54) is 23.1 Å². The first-order chi connectivity index (χ1) is 11.8. The molecule has 25 heavy (non-hydrogen) atoms. The fraction of sp³-hybridized carbons (Fsp3) is 0.125. The number of nitro groups is 1. The number of benzene rings is 2. The smallest absolute Gasteiger partial charge is 0.285 e. The van der Waals surface area contributed by atoms with Crippen LogP contribution >= 0.6 is 27.7 Å². The van der Waals surface area contributed by atoms with Gasteiger partial charge in [0.05, 0.1) is 9.40 Å². The third-order valence-electron chi connectivity index (χ3n) is 3.09. The molecule has 130 valence electrons. The Bertz CT molecular complexity index is 825. The molecule has 0 aromatic heterocycles. The lowest BCUT2D eigenvalue weighted by Gasteiger charge is -2.10. The molecule has 2 aromatic carbocycles. The number of hydrogen-bond donors (Lipinski definition) is 1. The highest BCUT2D eigenvalue weighted by Gasteiger charge is 2.16. The van der Waals surface area contributed by atoms with Crippen molar-refractivity contribution in [2.75, 3.05) is 19.4 Å². The first kappa shape index (κ1) is 18.9. The van der Waals surface area contributed by atoms with Crippen LogP contribution in [0.2, 0.25) is 0 Å². The summed E-state index contributed by atoms with van der Waals surface area (Å²) in [6, 6.07) is 10.9. The Kier molecular flexibility index (Phi) is 6.16. The summed E-state index contributed by atoms with van der Waals surface area (Å²) in [6.07, 6.45) is 0. The lowest BCUT2D eigenvalue weighted by atomic mass is 10.2. The van der Waals surface area contributed by atoms with E-state index < -0.39 is 10.8 Å². The highest BCUT2D eigenvalue weighted by atomic mass is 79.9. The van der Waals surface area contributed by atoms with Crippen LogP contribution < -0.4 is 5.32 Å². The van der Waals surface area contributed by atoms with Gasteiger partial charge < -0.3 is 10.2 Å². The second-order valence-corrected chi connectivity index (χ2v) is 7.04. The molecular formula is C16H14BrN3O4S. The molecule has 9 heteroatoms. The number of amides is 2. The molecule has 2 rings (SSSR count). The van der Waals surface area contributed by atoms with Crippen LogP contribution in [0.5, 0.6) is 0 Å². The van der Waals surface area contributed by atoms with E-state index in [0.29, 0.717) is 10.2 Å². The number of hydrogen-bond acceptors (Lipinski definition) is 5. The van der Waals surface area contributed by atoms with Gasteiger partial charge in [0, 0.05) is 36.3 Å². The van der Waals surface area contributed by atoms with E-state index in [0.717, 1.165) is 16.7 Å². The zero-order chi connectivity index (χ0) is 18.6. The van der Waals surface area contributed by atoms with Crippen molar-refractivity contribution < 1.29 is 14.5 Å². The van der Waals surface area contributed by atoms with Crippen LogP contribution in [0.3, 0.4) is 0 Å². The maximum Gasteiger partial charge on any atom is 0.285 e. The monoisotopic (exact) mass is 423 g/mol. The minimum atomic E-state index is -0.561. The third-order valence-corrected chi connectivity index (χ3v) is 4.81. The first-order valence-corrected chi connectivity index (χ1v) is 8.63. The number of nitrogens with zero attached hydrogens (tertiary/aromatic N) is 2. The van der Waals surface area contributed by atoms with E-state index in [1.54, 1.807) is 38.4 Å². The van der Waals surface area contributed by atoms with Gasteiger partial charge in [-0.3, -0.25) is 19.7 Å². The van der Waals surface area contributed by atoms with Gasteiger partial charge in [-0.05, 0) is 64.1 Å². The lowest BCUT2D eigenvalue weighted by Crippen LogP contribution is -2.16.